The average molecular weight is 347 g/mol. The summed E-state index contributed by atoms with van der Waals surface area (Å²) in [5, 5.41) is 0.158. The third-order valence-electron chi connectivity index (χ3n) is 4.12. The van der Waals surface area contributed by atoms with Crippen molar-refractivity contribution in [1.82, 2.24) is 4.31 Å². The number of hydrogen-bond donors (Lipinski definition) is 1. The first-order valence-corrected chi connectivity index (χ1v) is 9.09. The van der Waals surface area contributed by atoms with Gasteiger partial charge in [-0.05, 0) is 37.8 Å². The van der Waals surface area contributed by atoms with Crippen LogP contribution in [0.2, 0.25) is 5.02 Å². The molecule has 1 aromatic rings. The molecule has 1 heterocycles. The summed E-state index contributed by atoms with van der Waals surface area (Å²) in [5.41, 5.74) is 6.10. The summed E-state index contributed by atoms with van der Waals surface area (Å²) in [6, 6.07) is 4.56. The van der Waals surface area contributed by atoms with E-state index in [0.29, 0.717) is 18.0 Å². The van der Waals surface area contributed by atoms with Gasteiger partial charge in [0.2, 0.25) is 10.0 Å². The van der Waals surface area contributed by atoms with Gasteiger partial charge in [-0.1, -0.05) is 36.8 Å². The van der Waals surface area contributed by atoms with Crippen molar-refractivity contribution in [2.75, 3.05) is 6.54 Å². The Hall–Kier alpha value is -0.690. The van der Waals surface area contributed by atoms with Crippen LogP contribution in [0.1, 0.15) is 32.3 Å². The van der Waals surface area contributed by atoms with E-state index in [1.54, 1.807) is 10.4 Å². The van der Waals surface area contributed by atoms with Gasteiger partial charge in [0.15, 0.2) is 0 Å². The molecule has 0 saturated carbocycles. The van der Waals surface area contributed by atoms with E-state index in [9.17, 15) is 8.42 Å². The zero-order valence-corrected chi connectivity index (χ0v) is 14.4. The van der Waals surface area contributed by atoms with E-state index in [-0.39, 0.29) is 20.9 Å². The largest absolute Gasteiger partial charge is 0.389 e. The van der Waals surface area contributed by atoms with Gasteiger partial charge in [-0.25, -0.2) is 8.42 Å². The second-order valence-corrected chi connectivity index (χ2v) is 8.19. The number of rotatable bonds is 3. The molecule has 21 heavy (non-hydrogen) atoms. The highest BCUT2D eigenvalue weighted by atomic mass is 35.5. The van der Waals surface area contributed by atoms with E-state index in [0.717, 1.165) is 12.8 Å². The Morgan fingerprint density at radius 2 is 2.10 bits per heavy atom. The summed E-state index contributed by atoms with van der Waals surface area (Å²) in [4.78, 5) is 0.311. The highest BCUT2D eigenvalue weighted by Crippen LogP contribution is 2.32. The Balaban J connectivity index is 2.42. The van der Waals surface area contributed by atoms with Gasteiger partial charge in [-0.15, -0.1) is 0 Å². The molecule has 2 unspecified atom stereocenters. The van der Waals surface area contributed by atoms with Crippen molar-refractivity contribution in [3.05, 3.63) is 28.8 Å². The van der Waals surface area contributed by atoms with Gasteiger partial charge >= 0.3 is 0 Å². The maximum atomic E-state index is 12.8. The minimum absolute atomic E-state index is 0.0323. The molecule has 2 atom stereocenters. The number of nitrogens with two attached hydrogens (primary N) is 1. The van der Waals surface area contributed by atoms with Gasteiger partial charge in [0.1, 0.15) is 9.88 Å². The second kappa shape index (κ2) is 6.20. The van der Waals surface area contributed by atoms with E-state index in [1.165, 1.54) is 12.1 Å². The van der Waals surface area contributed by atoms with Crippen molar-refractivity contribution in [1.29, 1.82) is 0 Å². The number of nitrogens with zero attached hydrogens (tertiary/aromatic N) is 1. The molecule has 0 radical (unpaired) electrons. The molecule has 4 nitrogen and oxygen atoms in total. The molecule has 0 amide bonds. The number of piperidine rings is 1. The molecular formula is C14H19ClN2O2S2. The van der Waals surface area contributed by atoms with Crippen LogP contribution in [0.25, 0.3) is 0 Å². The number of halogens is 1. The van der Waals surface area contributed by atoms with Crippen molar-refractivity contribution >= 4 is 38.8 Å². The molecule has 2 rings (SSSR count). The molecule has 0 aliphatic carbocycles. The van der Waals surface area contributed by atoms with Crippen LogP contribution in [0.15, 0.2) is 23.1 Å². The molecule has 0 aromatic heterocycles. The molecule has 1 aliphatic rings. The number of hydrogen-bond acceptors (Lipinski definition) is 3. The van der Waals surface area contributed by atoms with Crippen LogP contribution in [0.4, 0.5) is 0 Å². The average Bonchev–Trinajstić information content (AvgIpc) is 2.41. The molecule has 116 valence electrons. The number of thiocarbonyl (C=S) groups is 1. The predicted octanol–water partition coefficient (Wildman–Crippen LogP) is 2.78. The Bertz CT molecular complexity index is 661. The molecular weight excluding hydrogens is 328 g/mol. The summed E-state index contributed by atoms with van der Waals surface area (Å²) in [7, 11) is -3.60. The van der Waals surface area contributed by atoms with Crippen molar-refractivity contribution in [3.63, 3.8) is 0 Å². The topological polar surface area (TPSA) is 63.4 Å². The smallest absolute Gasteiger partial charge is 0.244 e. The Morgan fingerprint density at radius 3 is 2.67 bits per heavy atom. The van der Waals surface area contributed by atoms with Gasteiger partial charge in [0.25, 0.3) is 0 Å². The van der Waals surface area contributed by atoms with Gasteiger partial charge in [0, 0.05) is 18.2 Å². The minimum atomic E-state index is -3.60. The normalized spacial score (nSPS) is 24.0. The summed E-state index contributed by atoms with van der Waals surface area (Å²) in [5.74, 6) is 0.336. The van der Waals surface area contributed by atoms with Crippen LogP contribution >= 0.6 is 23.8 Å². The zero-order valence-electron chi connectivity index (χ0n) is 12.0. The Kier molecular flexibility index (Phi) is 4.92. The fraction of sp³-hybridized carbons (Fsp3) is 0.500. The number of sulfonamides is 1. The molecule has 7 heteroatoms. The summed E-state index contributed by atoms with van der Waals surface area (Å²) >= 11 is 11.0. The highest BCUT2D eigenvalue weighted by Gasteiger charge is 2.35. The summed E-state index contributed by atoms with van der Waals surface area (Å²) in [6.07, 6.45) is 1.91. The lowest BCUT2D eigenvalue weighted by molar-refractivity contribution is 0.202. The first-order chi connectivity index (χ1) is 9.75. The Morgan fingerprint density at radius 1 is 1.43 bits per heavy atom. The van der Waals surface area contributed by atoms with E-state index in [2.05, 4.69) is 6.92 Å². The lowest BCUT2D eigenvalue weighted by Gasteiger charge is -2.36. The molecule has 0 spiro atoms. The summed E-state index contributed by atoms with van der Waals surface area (Å²) in [6.45, 7) is 4.55. The van der Waals surface area contributed by atoms with Crippen LogP contribution in [0.3, 0.4) is 0 Å². The van der Waals surface area contributed by atoms with E-state index < -0.39 is 10.0 Å². The second-order valence-electron chi connectivity index (χ2n) is 5.49. The van der Waals surface area contributed by atoms with Crippen LogP contribution in [0.5, 0.6) is 0 Å². The van der Waals surface area contributed by atoms with Gasteiger partial charge < -0.3 is 5.73 Å². The third kappa shape index (κ3) is 3.23. The molecule has 0 bridgehead atoms. The Labute approximate surface area is 136 Å². The van der Waals surface area contributed by atoms with Gasteiger partial charge in [0.05, 0.1) is 5.02 Å². The first-order valence-electron chi connectivity index (χ1n) is 6.86. The van der Waals surface area contributed by atoms with Crippen LogP contribution < -0.4 is 5.73 Å². The van der Waals surface area contributed by atoms with Crippen LogP contribution in [-0.4, -0.2) is 30.3 Å². The predicted molar refractivity (Wildman–Crippen MR) is 89.1 cm³/mol. The monoisotopic (exact) mass is 346 g/mol. The van der Waals surface area contributed by atoms with E-state index in [1.807, 2.05) is 6.92 Å². The quantitative estimate of drug-likeness (QED) is 0.855. The molecule has 2 N–H and O–H groups in total. The SMILES string of the molecule is CC1CCCN(S(=O)(=O)c2ccc(C(N)=S)cc2Cl)C1C. The van der Waals surface area contributed by atoms with E-state index in [4.69, 9.17) is 29.6 Å². The highest BCUT2D eigenvalue weighted by molar-refractivity contribution is 7.89. The fourth-order valence-electron chi connectivity index (χ4n) is 2.63. The van der Waals surface area contributed by atoms with Crippen molar-refractivity contribution in [2.24, 2.45) is 11.7 Å². The third-order valence-corrected chi connectivity index (χ3v) is 6.82. The van der Waals surface area contributed by atoms with E-state index >= 15 is 0 Å². The van der Waals surface area contributed by atoms with Crippen LogP contribution in [0, 0.1) is 5.92 Å². The summed E-state index contributed by atoms with van der Waals surface area (Å²) < 4.78 is 27.2. The maximum absolute atomic E-state index is 12.8. The first kappa shape index (κ1) is 16.7. The molecule has 1 aliphatic heterocycles. The van der Waals surface area contributed by atoms with Crippen molar-refractivity contribution < 1.29 is 8.42 Å². The molecule has 1 saturated heterocycles. The maximum Gasteiger partial charge on any atom is 0.244 e. The standard InChI is InChI=1S/C14H19ClN2O2S2/c1-9-4-3-7-17(10(9)2)21(18,19)13-6-5-11(14(16)20)8-12(13)15/h5-6,8-10H,3-4,7H2,1-2H3,(H2,16,20). The lowest BCUT2D eigenvalue weighted by atomic mass is 9.94. The van der Waals surface area contributed by atoms with Crippen molar-refractivity contribution in [2.45, 2.75) is 37.6 Å². The van der Waals surface area contributed by atoms with Gasteiger partial charge in [-0.2, -0.15) is 4.31 Å². The zero-order chi connectivity index (χ0) is 15.8. The molecule has 1 fully saturated rings. The van der Waals surface area contributed by atoms with Crippen LogP contribution in [-0.2, 0) is 10.0 Å². The fourth-order valence-corrected chi connectivity index (χ4v) is 5.04. The molecule has 1 aromatic carbocycles. The van der Waals surface area contributed by atoms with Gasteiger partial charge in [-0.3, -0.25) is 0 Å². The number of benzene rings is 1. The minimum Gasteiger partial charge on any atom is -0.389 e. The lowest BCUT2D eigenvalue weighted by Crippen LogP contribution is -2.45. The van der Waals surface area contributed by atoms with Crippen molar-refractivity contribution in [3.8, 4) is 0 Å².